The highest BCUT2D eigenvalue weighted by molar-refractivity contribution is 6.42. The highest BCUT2D eigenvalue weighted by atomic mass is 19.4. The number of fused-ring (bicyclic) bond motifs is 4. The summed E-state index contributed by atoms with van der Waals surface area (Å²) < 4.78 is 46.5. The number of alkyl halides is 3. The van der Waals surface area contributed by atoms with Crippen molar-refractivity contribution in [2.45, 2.75) is 36.8 Å². The van der Waals surface area contributed by atoms with Crippen LogP contribution in [0.15, 0.2) is 127 Å². The van der Waals surface area contributed by atoms with Crippen molar-refractivity contribution in [3.05, 3.63) is 150 Å². The summed E-state index contributed by atoms with van der Waals surface area (Å²) in [5.41, 5.74) is -1.95. The number of Topliss-reactive ketones (excluding diaryl/α,β-unsaturated/α-hetero) is 1. The summed E-state index contributed by atoms with van der Waals surface area (Å²) in [6.45, 7) is -0.298. The van der Waals surface area contributed by atoms with Crippen molar-refractivity contribution in [3.63, 3.8) is 0 Å². The number of ketones is 1. The number of para-hydroxylation sites is 1. The van der Waals surface area contributed by atoms with Gasteiger partial charge in [-0.2, -0.15) is 13.2 Å². The molecular weight excluding hydrogens is 615 g/mol. The van der Waals surface area contributed by atoms with Gasteiger partial charge in [0.1, 0.15) is 11.6 Å². The molecule has 5 aromatic rings. The summed E-state index contributed by atoms with van der Waals surface area (Å²) in [6.07, 6.45) is -4.88. The molecule has 9 heteroatoms. The topological polar surface area (TPSA) is 69.7 Å². The number of nitrogens with one attached hydrogen (secondary N) is 1. The van der Waals surface area contributed by atoms with Crippen molar-refractivity contribution in [1.29, 1.82) is 0 Å². The van der Waals surface area contributed by atoms with Crippen LogP contribution in [-0.2, 0) is 33.0 Å². The first-order valence-electron chi connectivity index (χ1n) is 15.8. The number of benzene rings is 5. The minimum atomic E-state index is -4.88. The molecule has 0 aliphatic carbocycles. The lowest BCUT2D eigenvalue weighted by Crippen LogP contribution is -2.60. The van der Waals surface area contributed by atoms with E-state index >= 15 is 18.0 Å². The van der Waals surface area contributed by atoms with Gasteiger partial charge in [-0.15, -0.1) is 0 Å². The zero-order valence-corrected chi connectivity index (χ0v) is 25.7. The molecule has 240 valence electrons. The van der Waals surface area contributed by atoms with Gasteiger partial charge in [0.05, 0.1) is 12.0 Å². The van der Waals surface area contributed by atoms with E-state index in [1.54, 1.807) is 78.9 Å². The quantitative estimate of drug-likeness (QED) is 0.222. The van der Waals surface area contributed by atoms with Gasteiger partial charge >= 0.3 is 6.18 Å². The van der Waals surface area contributed by atoms with Gasteiger partial charge in [0.25, 0.3) is 11.8 Å². The Morgan fingerprint density at radius 3 is 2.00 bits per heavy atom. The van der Waals surface area contributed by atoms with Gasteiger partial charge in [-0.1, -0.05) is 121 Å². The zero-order valence-electron chi connectivity index (χ0n) is 25.7. The third kappa shape index (κ3) is 4.27. The number of anilines is 1. The standard InChI is InChI=1S/C39H30F3N3O3/c40-39(41,42)33-32(29-20-19-27-15-7-8-16-28(27)21-29)37(24-44(35(47)34(37)46)22-25-11-3-1-4-12-25)38(43-33)30-17-9-10-18-31(30)45(36(38)48)23-26-13-5-2-6-14-26/h1-21,32-33,43H,22-24H2/t32-,33+,37-,38-/m1/s1. The lowest BCUT2D eigenvalue weighted by Gasteiger charge is -2.40. The van der Waals surface area contributed by atoms with Crippen LogP contribution in [0.1, 0.15) is 28.2 Å². The Morgan fingerprint density at radius 2 is 1.31 bits per heavy atom. The summed E-state index contributed by atoms with van der Waals surface area (Å²) in [7, 11) is 0. The summed E-state index contributed by atoms with van der Waals surface area (Å²) >= 11 is 0. The summed E-state index contributed by atoms with van der Waals surface area (Å²) in [6, 6.07) is 34.8. The first-order chi connectivity index (χ1) is 23.1. The van der Waals surface area contributed by atoms with Crippen molar-refractivity contribution in [2.75, 3.05) is 11.4 Å². The number of hydrogen-bond acceptors (Lipinski definition) is 4. The molecule has 0 saturated carbocycles. The smallest absolute Gasteiger partial charge is 0.331 e. The average molecular weight is 646 g/mol. The Labute approximate surface area is 274 Å². The second kappa shape index (κ2) is 10.9. The fraction of sp³-hybridized carbons (Fsp3) is 0.205. The number of halogens is 3. The van der Waals surface area contributed by atoms with E-state index in [2.05, 4.69) is 5.32 Å². The van der Waals surface area contributed by atoms with Gasteiger partial charge in [0.15, 0.2) is 0 Å². The van der Waals surface area contributed by atoms with Crippen molar-refractivity contribution in [1.82, 2.24) is 10.2 Å². The van der Waals surface area contributed by atoms with Crippen LogP contribution < -0.4 is 10.2 Å². The molecule has 2 saturated heterocycles. The van der Waals surface area contributed by atoms with E-state index in [0.717, 1.165) is 10.9 Å². The number of carbonyl (C=O) groups is 3. The molecule has 0 radical (unpaired) electrons. The van der Waals surface area contributed by atoms with Crippen molar-refractivity contribution in [3.8, 4) is 0 Å². The average Bonchev–Trinajstić information content (AvgIpc) is 3.64. The van der Waals surface area contributed by atoms with Crippen LogP contribution in [0.2, 0.25) is 0 Å². The molecule has 8 rings (SSSR count). The maximum absolute atomic E-state index is 15.5. The minimum Gasteiger partial charge on any atom is -0.331 e. The predicted octanol–water partition coefficient (Wildman–Crippen LogP) is 6.50. The van der Waals surface area contributed by atoms with Crippen LogP contribution in [0.5, 0.6) is 0 Å². The number of carbonyl (C=O) groups excluding carboxylic acids is 3. The summed E-state index contributed by atoms with van der Waals surface area (Å²) in [5, 5.41) is 4.28. The van der Waals surface area contributed by atoms with Gasteiger partial charge in [0, 0.05) is 30.3 Å². The Hall–Kier alpha value is -5.28. The molecule has 5 aromatic carbocycles. The van der Waals surface area contributed by atoms with E-state index in [4.69, 9.17) is 0 Å². The molecule has 48 heavy (non-hydrogen) atoms. The van der Waals surface area contributed by atoms with Crippen LogP contribution >= 0.6 is 0 Å². The monoisotopic (exact) mass is 645 g/mol. The highest BCUT2D eigenvalue weighted by Gasteiger charge is 2.81. The van der Waals surface area contributed by atoms with Gasteiger partial charge in [-0.25, -0.2) is 0 Å². The van der Waals surface area contributed by atoms with E-state index in [1.165, 1.54) is 9.80 Å². The normalized spacial score (nSPS) is 25.2. The molecular formula is C39H30F3N3O3. The van der Waals surface area contributed by atoms with Gasteiger partial charge in [-0.3, -0.25) is 19.7 Å². The number of amides is 2. The molecule has 0 aromatic heterocycles. The van der Waals surface area contributed by atoms with Gasteiger partial charge in [0.2, 0.25) is 5.78 Å². The van der Waals surface area contributed by atoms with E-state index in [-0.39, 0.29) is 30.8 Å². The lowest BCUT2D eigenvalue weighted by molar-refractivity contribution is -0.159. The molecule has 0 unspecified atom stereocenters. The zero-order chi connectivity index (χ0) is 33.3. The Morgan fingerprint density at radius 1 is 0.708 bits per heavy atom. The van der Waals surface area contributed by atoms with Gasteiger partial charge in [-0.05, 0) is 33.5 Å². The summed E-state index contributed by atoms with van der Waals surface area (Å²) in [4.78, 5) is 46.9. The van der Waals surface area contributed by atoms with Crippen molar-refractivity contribution in [2.24, 2.45) is 5.41 Å². The second-order valence-corrected chi connectivity index (χ2v) is 12.8. The van der Waals surface area contributed by atoms with Crippen LogP contribution in [0.3, 0.4) is 0 Å². The first kappa shape index (κ1) is 30.1. The van der Waals surface area contributed by atoms with Crippen LogP contribution in [-0.4, -0.2) is 41.3 Å². The predicted molar refractivity (Wildman–Crippen MR) is 175 cm³/mol. The molecule has 2 fully saturated rings. The van der Waals surface area contributed by atoms with Crippen molar-refractivity contribution >= 4 is 34.1 Å². The molecule has 3 aliphatic rings. The number of likely N-dealkylation sites (tertiary alicyclic amines) is 1. The largest absolute Gasteiger partial charge is 0.404 e. The fourth-order valence-corrected chi connectivity index (χ4v) is 8.30. The highest BCUT2D eigenvalue weighted by Crippen LogP contribution is 2.65. The molecule has 1 N–H and O–H groups in total. The van der Waals surface area contributed by atoms with Crippen LogP contribution in [0, 0.1) is 5.41 Å². The molecule has 4 atom stereocenters. The Balaban J connectivity index is 1.39. The molecule has 3 aliphatic heterocycles. The molecule has 0 bridgehead atoms. The fourth-order valence-electron chi connectivity index (χ4n) is 8.30. The number of nitrogens with zero attached hydrogens (tertiary/aromatic N) is 2. The van der Waals surface area contributed by atoms with Crippen LogP contribution in [0.4, 0.5) is 18.9 Å². The minimum absolute atomic E-state index is 0.00787. The lowest BCUT2D eigenvalue weighted by atomic mass is 9.59. The van der Waals surface area contributed by atoms with E-state index < -0.39 is 46.7 Å². The Bertz CT molecular complexity index is 2090. The third-order valence-electron chi connectivity index (χ3n) is 10.3. The van der Waals surface area contributed by atoms with Gasteiger partial charge < -0.3 is 9.80 Å². The van der Waals surface area contributed by atoms with E-state index in [1.807, 2.05) is 48.5 Å². The maximum Gasteiger partial charge on any atom is 0.404 e. The second-order valence-electron chi connectivity index (χ2n) is 12.8. The maximum atomic E-state index is 15.5. The molecule has 2 spiro atoms. The van der Waals surface area contributed by atoms with E-state index in [9.17, 15) is 9.59 Å². The number of rotatable bonds is 5. The molecule has 2 amide bonds. The molecule has 3 heterocycles. The van der Waals surface area contributed by atoms with Crippen LogP contribution in [0.25, 0.3) is 10.8 Å². The third-order valence-corrected chi connectivity index (χ3v) is 10.3. The summed E-state index contributed by atoms with van der Waals surface area (Å²) in [5.74, 6) is -4.19. The molecule has 6 nitrogen and oxygen atoms in total. The SMILES string of the molecule is O=C1C(=O)[C@@]2(CN1Cc1ccccc1)[C@H](c1ccc3ccccc3c1)[C@@H](C(F)(F)F)N[C@]21C(=O)N(Cc2ccccc2)c2ccccc21. The first-order valence-corrected chi connectivity index (χ1v) is 15.8. The van der Waals surface area contributed by atoms with E-state index in [0.29, 0.717) is 16.6 Å². The Kier molecular flexibility index (Phi) is 6.82. The number of hydrogen-bond donors (Lipinski definition) is 1. The van der Waals surface area contributed by atoms with Crippen molar-refractivity contribution < 1.29 is 27.6 Å².